The van der Waals surface area contributed by atoms with E-state index < -0.39 is 23.1 Å². The SMILES string of the molecule is C[C@H](O)c1cc([N+](=O)[O-])ccc1OC1CCOC1=O. The summed E-state index contributed by atoms with van der Waals surface area (Å²) < 4.78 is 10.2. The Morgan fingerprint density at radius 2 is 2.32 bits per heavy atom. The fourth-order valence-corrected chi connectivity index (χ4v) is 1.82. The summed E-state index contributed by atoms with van der Waals surface area (Å²) in [5.41, 5.74) is 0.131. The number of nitrogens with zero attached hydrogens (tertiary/aromatic N) is 1. The number of carbonyl (C=O) groups excluding carboxylic acids is 1. The summed E-state index contributed by atoms with van der Waals surface area (Å²) in [5, 5.41) is 20.3. The monoisotopic (exact) mass is 267 g/mol. The van der Waals surface area contributed by atoms with Crippen LogP contribution in [0.5, 0.6) is 5.75 Å². The number of benzene rings is 1. The highest BCUT2D eigenvalue weighted by atomic mass is 16.6. The van der Waals surface area contributed by atoms with E-state index in [2.05, 4.69) is 0 Å². The highest BCUT2D eigenvalue weighted by molar-refractivity contribution is 5.76. The van der Waals surface area contributed by atoms with Crippen molar-refractivity contribution in [3.05, 3.63) is 33.9 Å². The van der Waals surface area contributed by atoms with E-state index in [0.29, 0.717) is 13.0 Å². The molecule has 1 N–H and O–H groups in total. The Bertz CT molecular complexity index is 513. The average Bonchev–Trinajstić information content (AvgIpc) is 2.75. The van der Waals surface area contributed by atoms with Crippen molar-refractivity contribution >= 4 is 11.7 Å². The molecule has 1 aliphatic heterocycles. The van der Waals surface area contributed by atoms with Crippen molar-refractivity contribution in [1.82, 2.24) is 0 Å². The molecule has 0 spiro atoms. The summed E-state index contributed by atoms with van der Waals surface area (Å²) in [6.07, 6.45) is -1.24. The summed E-state index contributed by atoms with van der Waals surface area (Å²) >= 11 is 0. The molecule has 0 bridgehead atoms. The molecule has 1 heterocycles. The second-order valence-corrected chi connectivity index (χ2v) is 4.22. The lowest BCUT2D eigenvalue weighted by molar-refractivity contribution is -0.385. The molecule has 1 unspecified atom stereocenters. The first-order valence-corrected chi connectivity index (χ1v) is 5.78. The maximum atomic E-state index is 11.3. The summed E-state index contributed by atoms with van der Waals surface area (Å²) in [5.74, 6) is -0.209. The molecule has 0 aliphatic carbocycles. The number of rotatable bonds is 4. The third kappa shape index (κ3) is 2.82. The van der Waals surface area contributed by atoms with Gasteiger partial charge < -0.3 is 14.6 Å². The van der Waals surface area contributed by atoms with Gasteiger partial charge in [0.2, 0.25) is 0 Å². The fourth-order valence-electron chi connectivity index (χ4n) is 1.82. The first kappa shape index (κ1) is 13.3. The number of aliphatic hydroxyl groups is 1. The maximum Gasteiger partial charge on any atom is 0.347 e. The number of hydrogen-bond donors (Lipinski definition) is 1. The molecule has 0 saturated carbocycles. The van der Waals surface area contributed by atoms with Gasteiger partial charge in [0.1, 0.15) is 5.75 Å². The van der Waals surface area contributed by atoms with Crippen LogP contribution in [0.15, 0.2) is 18.2 Å². The van der Waals surface area contributed by atoms with Crippen LogP contribution in [0.2, 0.25) is 0 Å². The molecule has 1 aromatic rings. The Morgan fingerprint density at radius 3 is 2.84 bits per heavy atom. The van der Waals surface area contributed by atoms with Crippen molar-refractivity contribution in [3.8, 4) is 5.75 Å². The molecule has 0 radical (unpaired) electrons. The van der Waals surface area contributed by atoms with Crippen molar-refractivity contribution < 1.29 is 24.3 Å². The van der Waals surface area contributed by atoms with Gasteiger partial charge in [-0.3, -0.25) is 10.1 Å². The Labute approximate surface area is 108 Å². The van der Waals surface area contributed by atoms with E-state index in [-0.39, 0.29) is 17.0 Å². The Hall–Kier alpha value is -2.15. The van der Waals surface area contributed by atoms with Gasteiger partial charge in [-0.05, 0) is 13.0 Å². The lowest BCUT2D eigenvalue weighted by Crippen LogP contribution is -2.22. The molecular formula is C12H13NO6. The topological polar surface area (TPSA) is 98.9 Å². The summed E-state index contributed by atoms with van der Waals surface area (Å²) in [7, 11) is 0. The largest absolute Gasteiger partial charge is 0.478 e. The molecule has 7 nitrogen and oxygen atoms in total. The van der Waals surface area contributed by atoms with Crippen LogP contribution in [0.1, 0.15) is 25.0 Å². The minimum absolute atomic E-state index is 0.141. The average molecular weight is 267 g/mol. The fraction of sp³-hybridized carbons (Fsp3) is 0.417. The molecule has 2 atom stereocenters. The highest BCUT2D eigenvalue weighted by Gasteiger charge is 2.29. The molecule has 2 rings (SSSR count). The molecule has 0 aromatic heterocycles. The number of nitro benzene ring substituents is 1. The number of esters is 1. The molecule has 1 aliphatic rings. The van der Waals surface area contributed by atoms with Crippen molar-refractivity contribution in [2.45, 2.75) is 25.6 Å². The third-order valence-corrected chi connectivity index (χ3v) is 2.81. The Morgan fingerprint density at radius 1 is 1.58 bits per heavy atom. The van der Waals surface area contributed by atoms with Crippen molar-refractivity contribution in [2.24, 2.45) is 0 Å². The quantitative estimate of drug-likeness (QED) is 0.502. The normalized spacial score (nSPS) is 19.9. The molecule has 1 saturated heterocycles. The molecular weight excluding hydrogens is 254 g/mol. The van der Waals surface area contributed by atoms with Crippen LogP contribution in [0, 0.1) is 10.1 Å². The van der Waals surface area contributed by atoms with Crippen molar-refractivity contribution in [2.75, 3.05) is 6.61 Å². The van der Waals surface area contributed by atoms with Gasteiger partial charge in [-0.2, -0.15) is 0 Å². The maximum absolute atomic E-state index is 11.3. The van der Waals surface area contributed by atoms with E-state index in [1.54, 1.807) is 0 Å². The van der Waals surface area contributed by atoms with Crippen LogP contribution < -0.4 is 4.74 Å². The lowest BCUT2D eigenvalue weighted by Gasteiger charge is -2.15. The number of hydrogen-bond acceptors (Lipinski definition) is 6. The van der Waals surface area contributed by atoms with Crippen LogP contribution in [0.3, 0.4) is 0 Å². The van der Waals surface area contributed by atoms with Gasteiger partial charge in [-0.1, -0.05) is 0 Å². The number of aliphatic hydroxyl groups excluding tert-OH is 1. The summed E-state index contributed by atoms with van der Waals surface area (Å²) in [4.78, 5) is 21.5. The van der Waals surface area contributed by atoms with Gasteiger partial charge in [0, 0.05) is 24.1 Å². The smallest absolute Gasteiger partial charge is 0.347 e. The van der Waals surface area contributed by atoms with E-state index in [0.717, 1.165) is 0 Å². The third-order valence-electron chi connectivity index (χ3n) is 2.81. The van der Waals surface area contributed by atoms with Crippen molar-refractivity contribution in [1.29, 1.82) is 0 Å². The predicted molar refractivity (Wildman–Crippen MR) is 63.7 cm³/mol. The minimum atomic E-state index is -0.938. The lowest BCUT2D eigenvalue weighted by atomic mass is 10.1. The standard InChI is InChI=1S/C12H13NO6/c1-7(14)9-6-8(13(16)17)2-3-10(9)19-11-4-5-18-12(11)15/h2-3,6-7,11,14H,4-5H2,1H3/t7-,11?/m0/s1. The zero-order chi connectivity index (χ0) is 14.0. The van der Waals surface area contributed by atoms with Gasteiger partial charge in [0.15, 0.2) is 6.10 Å². The van der Waals surface area contributed by atoms with Gasteiger partial charge in [0.05, 0.1) is 17.6 Å². The highest BCUT2D eigenvalue weighted by Crippen LogP contribution is 2.31. The first-order valence-electron chi connectivity index (χ1n) is 5.78. The Balaban J connectivity index is 2.28. The van der Waals surface area contributed by atoms with Gasteiger partial charge in [-0.15, -0.1) is 0 Å². The van der Waals surface area contributed by atoms with Crippen LogP contribution in [0.25, 0.3) is 0 Å². The van der Waals surface area contributed by atoms with Crippen LogP contribution in [-0.2, 0) is 9.53 Å². The zero-order valence-electron chi connectivity index (χ0n) is 10.2. The van der Waals surface area contributed by atoms with Gasteiger partial charge in [-0.25, -0.2) is 4.79 Å². The van der Waals surface area contributed by atoms with E-state index in [4.69, 9.17) is 9.47 Å². The molecule has 1 fully saturated rings. The second kappa shape index (κ2) is 5.23. The van der Waals surface area contributed by atoms with Gasteiger partial charge >= 0.3 is 5.97 Å². The number of carbonyl (C=O) groups is 1. The minimum Gasteiger partial charge on any atom is -0.478 e. The molecule has 7 heteroatoms. The van der Waals surface area contributed by atoms with Crippen LogP contribution in [-0.4, -0.2) is 28.7 Å². The van der Waals surface area contributed by atoms with Crippen LogP contribution >= 0.6 is 0 Å². The molecule has 1 aromatic carbocycles. The molecule has 102 valence electrons. The summed E-state index contributed by atoms with van der Waals surface area (Å²) in [6.45, 7) is 1.76. The number of ether oxygens (including phenoxy) is 2. The summed E-state index contributed by atoms with van der Waals surface area (Å²) in [6, 6.07) is 3.88. The second-order valence-electron chi connectivity index (χ2n) is 4.22. The molecule has 19 heavy (non-hydrogen) atoms. The van der Waals surface area contributed by atoms with Gasteiger partial charge in [0.25, 0.3) is 5.69 Å². The molecule has 0 amide bonds. The van der Waals surface area contributed by atoms with Crippen molar-refractivity contribution in [3.63, 3.8) is 0 Å². The first-order chi connectivity index (χ1) is 8.99. The number of nitro groups is 1. The van der Waals surface area contributed by atoms with E-state index in [9.17, 15) is 20.0 Å². The Kier molecular flexibility index (Phi) is 3.66. The van der Waals surface area contributed by atoms with E-state index in [1.807, 2.05) is 0 Å². The van der Waals surface area contributed by atoms with E-state index in [1.165, 1.54) is 25.1 Å². The number of non-ortho nitro benzene ring substituents is 1. The predicted octanol–water partition coefficient (Wildman–Crippen LogP) is 1.34. The van der Waals surface area contributed by atoms with Crippen LogP contribution in [0.4, 0.5) is 5.69 Å². The van der Waals surface area contributed by atoms with E-state index >= 15 is 0 Å². The number of cyclic esters (lactones) is 1. The zero-order valence-corrected chi connectivity index (χ0v) is 10.2.